The van der Waals surface area contributed by atoms with Crippen LogP contribution in [0.4, 0.5) is 0 Å². The Labute approximate surface area is 125 Å². The maximum absolute atomic E-state index is 12.6. The molecule has 4 nitrogen and oxygen atoms in total. The van der Waals surface area contributed by atoms with Crippen molar-refractivity contribution >= 4 is 5.78 Å². The third kappa shape index (κ3) is 3.21. The van der Waals surface area contributed by atoms with E-state index >= 15 is 0 Å². The number of ether oxygens (including phenoxy) is 2. The number of piperidine rings is 1. The Morgan fingerprint density at radius 3 is 2.19 bits per heavy atom. The number of carbonyl (C=O) groups excluding carboxylic acids is 1. The predicted octanol–water partition coefficient (Wildman–Crippen LogP) is 2.35. The smallest absolute Gasteiger partial charge is 0.140 e. The van der Waals surface area contributed by atoms with Crippen molar-refractivity contribution in [1.82, 2.24) is 5.32 Å². The van der Waals surface area contributed by atoms with Crippen molar-refractivity contribution in [2.45, 2.75) is 44.2 Å². The second-order valence-corrected chi connectivity index (χ2v) is 6.17. The first-order valence-corrected chi connectivity index (χ1v) is 7.68. The van der Waals surface area contributed by atoms with Gasteiger partial charge < -0.3 is 14.8 Å². The first-order chi connectivity index (χ1) is 10.2. The lowest BCUT2D eigenvalue weighted by Crippen LogP contribution is -2.40. The standard InChI is InChI=1S/C17H23NO3/c1-20-15-5-11(6-16(10-15)21-2)7-17(19)12-8-13-3-4-14(9-12)18-13/h5-6,10,12-14,18H,3-4,7-9H2,1-2H3. The highest BCUT2D eigenvalue weighted by molar-refractivity contribution is 5.83. The lowest BCUT2D eigenvalue weighted by molar-refractivity contribution is -0.123. The number of hydrogen-bond acceptors (Lipinski definition) is 4. The van der Waals surface area contributed by atoms with E-state index in [2.05, 4.69) is 5.32 Å². The summed E-state index contributed by atoms with van der Waals surface area (Å²) in [4.78, 5) is 12.6. The first kappa shape index (κ1) is 14.4. The van der Waals surface area contributed by atoms with Crippen molar-refractivity contribution in [3.63, 3.8) is 0 Å². The Hall–Kier alpha value is -1.55. The molecule has 2 aliphatic heterocycles. The van der Waals surface area contributed by atoms with Crippen LogP contribution in [0.15, 0.2) is 18.2 Å². The van der Waals surface area contributed by atoms with Crippen molar-refractivity contribution in [1.29, 1.82) is 0 Å². The average molecular weight is 289 g/mol. The summed E-state index contributed by atoms with van der Waals surface area (Å²) in [5.74, 6) is 2.04. The van der Waals surface area contributed by atoms with Gasteiger partial charge in [-0.25, -0.2) is 0 Å². The largest absolute Gasteiger partial charge is 0.497 e. The van der Waals surface area contributed by atoms with Crippen LogP contribution in [0.2, 0.25) is 0 Å². The number of ketones is 1. The summed E-state index contributed by atoms with van der Waals surface area (Å²) in [6.07, 6.45) is 4.91. The van der Waals surface area contributed by atoms with E-state index in [4.69, 9.17) is 9.47 Å². The Balaban J connectivity index is 1.69. The summed E-state index contributed by atoms with van der Waals surface area (Å²) in [6.45, 7) is 0. The van der Waals surface area contributed by atoms with Gasteiger partial charge in [0.15, 0.2) is 0 Å². The molecule has 2 saturated heterocycles. The van der Waals surface area contributed by atoms with Crippen LogP contribution in [0.25, 0.3) is 0 Å². The summed E-state index contributed by atoms with van der Waals surface area (Å²) < 4.78 is 10.5. The summed E-state index contributed by atoms with van der Waals surface area (Å²) in [5, 5.41) is 3.58. The van der Waals surface area contributed by atoms with Crippen molar-refractivity contribution in [3.8, 4) is 11.5 Å². The van der Waals surface area contributed by atoms with Gasteiger partial charge in [-0.1, -0.05) is 0 Å². The molecule has 4 heteroatoms. The SMILES string of the molecule is COc1cc(CC(=O)C2CC3CCC(C2)N3)cc(OC)c1. The lowest BCUT2D eigenvalue weighted by Gasteiger charge is -2.28. The molecule has 2 heterocycles. The zero-order valence-electron chi connectivity index (χ0n) is 12.7. The van der Waals surface area contributed by atoms with Crippen LogP contribution in [-0.2, 0) is 11.2 Å². The molecule has 2 aliphatic rings. The number of hydrogen-bond donors (Lipinski definition) is 1. The van der Waals surface area contributed by atoms with E-state index in [0.717, 1.165) is 29.9 Å². The molecule has 0 aromatic heterocycles. The Bertz CT molecular complexity index is 495. The predicted molar refractivity (Wildman–Crippen MR) is 80.9 cm³/mol. The molecule has 114 valence electrons. The molecule has 3 rings (SSSR count). The number of rotatable bonds is 5. The van der Waals surface area contributed by atoms with Crippen molar-refractivity contribution < 1.29 is 14.3 Å². The fourth-order valence-electron chi connectivity index (χ4n) is 3.63. The molecule has 1 aromatic rings. The topological polar surface area (TPSA) is 47.6 Å². The van der Waals surface area contributed by atoms with Gasteiger partial charge in [0.1, 0.15) is 17.3 Å². The van der Waals surface area contributed by atoms with Gasteiger partial charge >= 0.3 is 0 Å². The van der Waals surface area contributed by atoms with Gasteiger partial charge in [-0.05, 0) is 43.4 Å². The van der Waals surface area contributed by atoms with E-state index in [9.17, 15) is 4.79 Å². The lowest BCUT2D eigenvalue weighted by atomic mass is 9.86. The van der Waals surface area contributed by atoms with E-state index in [0.29, 0.717) is 24.3 Å². The third-order valence-electron chi connectivity index (χ3n) is 4.72. The molecule has 0 radical (unpaired) electrons. The molecular formula is C17H23NO3. The van der Waals surface area contributed by atoms with E-state index in [-0.39, 0.29) is 5.92 Å². The van der Waals surface area contributed by atoms with Crippen LogP contribution >= 0.6 is 0 Å². The van der Waals surface area contributed by atoms with Crippen LogP contribution in [0.3, 0.4) is 0 Å². The van der Waals surface area contributed by atoms with Crippen LogP contribution in [-0.4, -0.2) is 32.1 Å². The fourth-order valence-corrected chi connectivity index (χ4v) is 3.63. The Morgan fingerprint density at radius 2 is 1.67 bits per heavy atom. The summed E-state index contributed by atoms with van der Waals surface area (Å²) in [5.41, 5.74) is 0.974. The number of fused-ring (bicyclic) bond motifs is 2. The number of carbonyl (C=O) groups is 1. The average Bonchev–Trinajstić information content (AvgIpc) is 2.84. The number of nitrogens with one attached hydrogen (secondary N) is 1. The van der Waals surface area contributed by atoms with Gasteiger partial charge in [-0.15, -0.1) is 0 Å². The van der Waals surface area contributed by atoms with Gasteiger partial charge in [-0.2, -0.15) is 0 Å². The van der Waals surface area contributed by atoms with Crippen LogP contribution in [0.1, 0.15) is 31.2 Å². The fraction of sp³-hybridized carbons (Fsp3) is 0.588. The molecule has 1 aromatic carbocycles. The highest BCUT2D eigenvalue weighted by Crippen LogP contribution is 2.32. The Morgan fingerprint density at radius 1 is 1.10 bits per heavy atom. The van der Waals surface area contributed by atoms with Crippen molar-refractivity contribution in [2.24, 2.45) is 5.92 Å². The van der Waals surface area contributed by atoms with Crippen molar-refractivity contribution in [2.75, 3.05) is 14.2 Å². The molecule has 2 atom stereocenters. The van der Waals surface area contributed by atoms with E-state index in [1.54, 1.807) is 14.2 Å². The zero-order chi connectivity index (χ0) is 14.8. The summed E-state index contributed by atoms with van der Waals surface area (Å²) in [6, 6.07) is 6.79. The minimum absolute atomic E-state index is 0.209. The van der Waals surface area contributed by atoms with E-state index < -0.39 is 0 Å². The van der Waals surface area contributed by atoms with Gasteiger partial charge in [0, 0.05) is 30.5 Å². The summed E-state index contributed by atoms with van der Waals surface area (Å²) in [7, 11) is 3.26. The monoisotopic (exact) mass is 289 g/mol. The van der Waals surface area contributed by atoms with Crippen LogP contribution < -0.4 is 14.8 Å². The number of benzene rings is 1. The second kappa shape index (κ2) is 6.06. The highest BCUT2D eigenvalue weighted by Gasteiger charge is 2.36. The molecule has 0 amide bonds. The van der Waals surface area contributed by atoms with Crippen LogP contribution in [0, 0.1) is 5.92 Å². The maximum atomic E-state index is 12.6. The first-order valence-electron chi connectivity index (χ1n) is 7.68. The van der Waals surface area contributed by atoms with Crippen LogP contribution in [0.5, 0.6) is 11.5 Å². The molecule has 2 bridgehead atoms. The molecular weight excluding hydrogens is 266 g/mol. The van der Waals surface area contributed by atoms with Gasteiger partial charge in [0.2, 0.25) is 0 Å². The van der Waals surface area contributed by atoms with Gasteiger partial charge in [0.25, 0.3) is 0 Å². The third-order valence-corrected chi connectivity index (χ3v) is 4.72. The minimum Gasteiger partial charge on any atom is -0.497 e. The molecule has 2 fully saturated rings. The normalized spacial score (nSPS) is 27.4. The molecule has 0 spiro atoms. The highest BCUT2D eigenvalue weighted by atomic mass is 16.5. The molecule has 21 heavy (non-hydrogen) atoms. The Kier molecular flexibility index (Phi) is 4.15. The van der Waals surface area contributed by atoms with Gasteiger partial charge in [-0.3, -0.25) is 4.79 Å². The summed E-state index contributed by atoms with van der Waals surface area (Å²) >= 11 is 0. The van der Waals surface area contributed by atoms with Crippen molar-refractivity contribution in [3.05, 3.63) is 23.8 Å². The van der Waals surface area contributed by atoms with E-state index in [1.165, 1.54) is 12.8 Å². The molecule has 0 aliphatic carbocycles. The molecule has 0 saturated carbocycles. The number of methoxy groups -OCH3 is 2. The zero-order valence-corrected chi connectivity index (χ0v) is 12.7. The minimum atomic E-state index is 0.209. The second-order valence-electron chi connectivity index (χ2n) is 6.17. The van der Waals surface area contributed by atoms with E-state index in [1.807, 2.05) is 18.2 Å². The number of Topliss-reactive ketones (excluding diaryl/α,β-unsaturated/α-hetero) is 1. The quantitative estimate of drug-likeness (QED) is 0.904. The van der Waals surface area contributed by atoms with Gasteiger partial charge in [0.05, 0.1) is 14.2 Å². The maximum Gasteiger partial charge on any atom is 0.140 e. The molecule has 2 unspecified atom stereocenters. The molecule has 1 N–H and O–H groups in total.